The highest BCUT2D eigenvalue weighted by molar-refractivity contribution is 7.25. The van der Waals surface area contributed by atoms with E-state index in [1.807, 2.05) is 29.8 Å². The Morgan fingerprint density at radius 1 is 0.625 bits per heavy atom. The first-order chi connectivity index (χ1) is 15.9. The molecule has 0 unspecified atom stereocenters. The molecule has 3 aromatic carbocycles. The summed E-state index contributed by atoms with van der Waals surface area (Å²) in [6.07, 6.45) is 7.21. The van der Waals surface area contributed by atoms with Crippen LogP contribution in [-0.2, 0) is 0 Å². The zero-order valence-corrected chi connectivity index (χ0v) is 17.8. The fourth-order valence-corrected chi connectivity index (χ4v) is 5.66. The minimum atomic E-state index is 0.792. The second-order valence-electron chi connectivity index (χ2n) is 7.82. The van der Waals surface area contributed by atoms with Gasteiger partial charge in [0, 0.05) is 49.7 Å². The lowest BCUT2D eigenvalue weighted by Gasteiger charge is -2.07. The van der Waals surface area contributed by atoms with E-state index in [2.05, 4.69) is 81.3 Å². The Hall–Kier alpha value is -4.09. The first kappa shape index (κ1) is 17.6. The molecule has 0 saturated carbocycles. The van der Waals surface area contributed by atoms with Crippen molar-refractivity contribution in [2.75, 3.05) is 0 Å². The van der Waals surface area contributed by atoms with Crippen LogP contribution in [0.2, 0.25) is 0 Å². The van der Waals surface area contributed by atoms with Gasteiger partial charge in [-0.1, -0.05) is 48.5 Å². The molecule has 0 spiro atoms. The molecule has 7 aromatic rings. The summed E-state index contributed by atoms with van der Waals surface area (Å²) >= 11 is 1.82. The largest absolute Gasteiger partial charge is 0.291 e. The van der Waals surface area contributed by atoms with Gasteiger partial charge in [0.25, 0.3) is 0 Å². The maximum Gasteiger partial charge on any atom is 0.156 e. The molecule has 32 heavy (non-hydrogen) atoms. The molecule has 0 aliphatic rings. The summed E-state index contributed by atoms with van der Waals surface area (Å²) in [5, 5.41) is 3.68. The predicted octanol–water partition coefficient (Wildman–Crippen LogP) is 7.00. The normalized spacial score (nSPS) is 11.8. The molecule has 0 bridgehead atoms. The van der Waals surface area contributed by atoms with E-state index in [-0.39, 0.29) is 0 Å². The van der Waals surface area contributed by atoms with Crippen molar-refractivity contribution in [3.05, 3.63) is 97.6 Å². The van der Waals surface area contributed by atoms with Gasteiger partial charge < -0.3 is 0 Å². The number of thiophene rings is 1. The van der Waals surface area contributed by atoms with Crippen LogP contribution in [0.1, 0.15) is 0 Å². The van der Waals surface area contributed by atoms with Gasteiger partial charge in [-0.25, -0.2) is 4.98 Å². The van der Waals surface area contributed by atoms with Gasteiger partial charge in [0.05, 0.1) is 22.7 Å². The second kappa shape index (κ2) is 6.70. The molecule has 7 rings (SSSR count). The quantitative estimate of drug-likeness (QED) is 0.298. The summed E-state index contributed by atoms with van der Waals surface area (Å²) in [5.41, 5.74) is 5.33. The fourth-order valence-electron chi connectivity index (χ4n) is 4.54. The summed E-state index contributed by atoms with van der Waals surface area (Å²) in [4.78, 5) is 13.9. The van der Waals surface area contributed by atoms with Crippen LogP contribution in [0.3, 0.4) is 0 Å². The molecule has 0 fully saturated rings. The van der Waals surface area contributed by atoms with Crippen LogP contribution in [0, 0.1) is 0 Å². The third-order valence-corrected chi connectivity index (χ3v) is 7.12. The zero-order valence-electron chi connectivity index (χ0n) is 16.9. The van der Waals surface area contributed by atoms with E-state index < -0.39 is 0 Å². The van der Waals surface area contributed by atoms with Crippen molar-refractivity contribution in [2.24, 2.45) is 0 Å². The minimum Gasteiger partial charge on any atom is -0.291 e. The molecule has 0 radical (unpaired) electrons. The van der Waals surface area contributed by atoms with Crippen LogP contribution in [0.4, 0.5) is 0 Å². The molecule has 0 saturated heterocycles. The Morgan fingerprint density at radius 2 is 1.50 bits per heavy atom. The molecule has 0 aliphatic carbocycles. The SMILES string of the molecule is c1ccc(-c2cnc3c4cc5c(cc4n(-c4cnccn4)c3c2)sc2ccccc25)cc1. The number of nitrogens with zero attached hydrogens (tertiary/aromatic N) is 4. The average Bonchev–Trinajstić information content (AvgIpc) is 3.38. The van der Waals surface area contributed by atoms with Gasteiger partial charge in [-0.3, -0.25) is 14.5 Å². The van der Waals surface area contributed by atoms with Crippen molar-refractivity contribution in [3.63, 3.8) is 0 Å². The van der Waals surface area contributed by atoms with Crippen molar-refractivity contribution in [1.82, 2.24) is 19.5 Å². The van der Waals surface area contributed by atoms with Crippen molar-refractivity contribution in [2.45, 2.75) is 0 Å². The van der Waals surface area contributed by atoms with E-state index in [0.29, 0.717) is 0 Å². The van der Waals surface area contributed by atoms with Gasteiger partial charge in [0.15, 0.2) is 5.82 Å². The Labute approximate surface area is 187 Å². The number of hydrogen-bond acceptors (Lipinski definition) is 4. The summed E-state index contributed by atoms with van der Waals surface area (Å²) in [6.45, 7) is 0. The molecular formula is C27H16N4S. The van der Waals surface area contributed by atoms with E-state index >= 15 is 0 Å². The topological polar surface area (TPSA) is 43.6 Å². The Balaban J connectivity index is 1.63. The van der Waals surface area contributed by atoms with Crippen LogP contribution < -0.4 is 0 Å². The summed E-state index contributed by atoms with van der Waals surface area (Å²) in [7, 11) is 0. The van der Waals surface area contributed by atoms with Crippen molar-refractivity contribution >= 4 is 53.4 Å². The van der Waals surface area contributed by atoms with E-state index in [0.717, 1.165) is 38.9 Å². The van der Waals surface area contributed by atoms with E-state index in [1.165, 1.54) is 20.2 Å². The smallest absolute Gasteiger partial charge is 0.156 e. The maximum atomic E-state index is 4.94. The standard InChI is InChI=1S/C27H16N4S/c1-2-6-17(7-3-1)18-12-23-27(30-15-18)21-13-20-19-8-4-5-9-24(19)32-25(20)14-22(21)31(23)26-16-28-10-11-29-26/h1-16H. The number of aromatic nitrogens is 4. The lowest BCUT2D eigenvalue weighted by atomic mass is 10.1. The molecule has 5 heteroatoms. The van der Waals surface area contributed by atoms with Gasteiger partial charge in [0.2, 0.25) is 0 Å². The molecule has 4 heterocycles. The zero-order chi connectivity index (χ0) is 21.1. The molecular weight excluding hydrogens is 412 g/mol. The highest BCUT2D eigenvalue weighted by atomic mass is 32.1. The molecule has 0 N–H and O–H groups in total. The van der Waals surface area contributed by atoms with E-state index in [4.69, 9.17) is 4.98 Å². The average molecular weight is 429 g/mol. The number of rotatable bonds is 2. The Bertz CT molecular complexity index is 1770. The lowest BCUT2D eigenvalue weighted by molar-refractivity contribution is 1.04. The number of hydrogen-bond donors (Lipinski definition) is 0. The summed E-state index contributed by atoms with van der Waals surface area (Å²) in [6, 6.07) is 25.7. The first-order valence-corrected chi connectivity index (χ1v) is 11.3. The Kier molecular flexibility index (Phi) is 3.68. The minimum absolute atomic E-state index is 0.792. The van der Waals surface area contributed by atoms with Gasteiger partial charge in [0.1, 0.15) is 0 Å². The van der Waals surface area contributed by atoms with Gasteiger partial charge in [-0.15, -0.1) is 11.3 Å². The van der Waals surface area contributed by atoms with Crippen LogP contribution in [0.25, 0.3) is 59.1 Å². The molecule has 0 aliphatic heterocycles. The summed E-state index contributed by atoms with van der Waals surface area (Å²) in [5.74, 6) is 0.792. The number of fused-ring (bicyclic) bond motifs is 6. The van der Waals surface area contributed by atoms with Crippen LogP contribution in [0.5, 0.6) is 0 Å². The van der Waals surface area contributed by atoms with Gasteiger partial charge in [-0.05, 0) is 29.8 Å². The monoisotopic (exact) mass is 428 g/mol. The maximum absolute atomic E-state index is 4.94. The summed E-state index contributed by atoms with van der Waals surface area (Å²) < 4.78 is 4.74. The fraction of sp³-hybridized carbons (Fsp3) is 0. The molecule has 4 aromatic heterocycles. The number of pyridine rings is 1. The predicted molar refractivity (Wildman–Crippen MR) is 132 cm³/mol. The van der Waals surface area contributed by atoms with Crippen LogP contribution in [-0.4, -0.2) is 19.5 Å². The third-order valence-electron chi connectivity index (χ3n) is 5.99. The number of benzene rings is 3. The second-order valence-corrected chi connectivity index (χ2v) is 8.90. The Morgan fingerprint density at radius 3 is 2.38 bits per heavy atom. The third kappa shape index (κ3) is 2.52. The van der Waals surface area contributed by atoms with Crippen LogP contribution >= 0.6 is 11.3 Å². The van der Waals surface area contributed by atoms with Crippen molar-refractivity contribution < 1.29 is 0 Å². The van der Waals surface area contributed by atoms with E-state index in [1.54, 1.807) is 12.4 Å². The first-order valence-electron chi connectivity index (χ1n) is 10.4. The van der Waals surface area contributed by atoms with Gasteiger partial charge >= 0.3 is 0 Å². The molecule has 0 atom stereocenters. The highest BCUT2D eigenvalue weighted by Gasteiger charge is 2.18. The molecule has 0 amide bonds. The molecule has 150 valence electrons. The van der Waals surface area contributed by atoms with Gasteiger partial charge in [-0.2, -0.15) is 0 Å². The lowest BCUT2D eigenvalue weighted by Crippen LogP contribution is -1.97. The molecule has 4 nitrogen and oxygen atoms in total. The van der Waals surface area contributed by atoms with E-state index in [9.17, 15) is 0 Å². The van der Waals surface area contributed by atoms with Crippen LogP contribution in [0.15, 0.2) is 97.6 Å². The van der Waals surface area contributed by atoms with Crippen molar-refractivity contribution in [3.8, 4) is 16.9 Å². The van der Waals surface area contributed by atoms with Crippen molar-refractivity contribution in [1.29, 1.82) is 0 Å². The highest BCUT2D eigenvalue weighted by Crippen LogP contribution is 2.40.